The Balaban J connectivity index is 0.000000130. The lowest BCUT2D eigenvalue weighted by Crippen LogP contribution is -3.00. The highest BCUT2D eigenvalue weighted by Gasteiger charge is 2.10. The molecule has 10 rings (SSSR count). The summed E-state index contributed by atoms with van der Waals surface area (Å²) >= 11 is 3.68. The molecule has 255 valence electrons. The molecule has 53 heavy (non-hydrogen) atoms. The quantitative estimate of drug-likeness (QED) is 0.144. The molecular weight excluding hydrogens is 718 g/mol. The lowest BCUT2D eigenvalue weighted by atomic mass is 9.91. The van der Waals surface area contributed by atoms with Gasteiger partial charge in [0.25, 0.3) is 0 Å². The molecule has 1 radical (unpaired) electrons. The van der Waals surface area contributed by atoms with E-state index in [1.165, 1.54) is 69.5 Å². The van der Waals surface area contributed by atoms with E-state index in [2.05, 4.69) is 168 Å². The minimum atomic E-state index is 0. The van der Waals surface area contributed by atoms with Gasteiger partial charge in [-0.05, 0) is 122 Å². The first kappa shape index (κ1) is 35.4. The molecule has 0 spiro atoms. The van der Waals surface area contributed by atoms with E-state index in [-0.39, 0.29) is 4.70 Å². The monoisotopic (exact) mass is 750 g/mol. The molecule has 0 aliphatic carbocycles. The topological polar surface area (TPSA) is 29.5 Å². The van der Waals surface area contributed by atoms with Crippen LogP contribution in [-0.4, -0.2) is 12.7 Å². The molecule has 0 bridgehead atoms. The summed E-state index contributed by atoms with van der Waals surface area (Å²) < 4.78 is 6.04. The predicted octanol–water partition coefficient (Wildman–Crippen LogP) is 10.3. The minimum Gasteiger partial charge on any atom is -1.00 e. The van der Waals surface area contributed by atoms with E-state index in [4.69, 9.17) is 9.68 Å². The Hall–Kier alpha value is -6.01. The highest BCUT2D eigenvalue weighted by Crippen LogP contribution is 2.37. The molecule has 1 N–H and O–H groups in total. The normalized spacial score (nSPS) is 10.7. The molecule has 10 aromatic rings. The molecule has 0 heterocycles. The van der Waals surface area contributed by atoms with Crippen molar-refractivity contribution in [1.82, 2.24) is 0 Å². The number of hydrogen-bond donors (Lipinski definition) is 1. The molecule has 0 fully saturated rings. The third-order valence-corrected chi connectivity index (χ3v) is 10.3. The van der Waals surface area contributed by atoms with Gasteiger partial charge in [0.1, 0.15) is 5.75 Å². The number of rotatable bonds is 3. The summed E-state index contributed by atoms with van der Waals surface area (Å²) in [7, 11) is 0.685. The third kappa shape index (κ3) is 7.49. The van der Waals surface area contributed by atoms with E-state index in [0.717, 1.165) is 10.8 Å². The first-order valence-electron chi connectivity index (χ1n) is 17.2. The van der Waals surface area contributed by atoms with Crippen LogP contribution in [0.5, 0.6) is 5.75 Å². The molecule has 10 aromatic carbocycles. The second-order valence-corrected chi connectivity index (χ2v) is 13.4. The van der Waals surface area contributed by atoms with E-state index < -0.39 is 0 Å². The van der Waals surface area contributed by atoms with E-state index in [1.807, 2.05) is 42.5 Å². The molecule has 0 aliphatic rings. The van der Waals surface area contributed by atoms with Gasteiger partial charge >= 0.3 is 7.69 Å². The van der Waals surface area contributed by atoms with Gasteiger partial charge in [-0.15, -0.1) is 0 Å². The molecule has 0 amide bonds. The Labute approximate surface area is 316 Å². The standard InChI is InChI=1S/C24H16.C14H9Br.C10H8BO2.FH/c1-2-8-18-15-21(14-13-17(18)7-1)24-22-11-5-3-9-19(22)16-20-10-4-6-12-23(20)24;15-14-12-7-3-1-5-10(12)9-11-6-2-4-8-13(11)14;12-11-13-10-6-5-8-3-1-2-4-9(8)7-10;/h1-16H;1-9H;1-7,12H;1H/p-1. The first-order chi connectivity index (χ1) is 25.7. The Morgan fingerprint density at radius 1 is 0.377 bits per heavy atom. The second kappa shape index (κ2) is 16.1. The van der Waals surface area contributed by atoms with Crippen LogP contribution in [0.4, 0.5) is 0 Å². The van der Waals surface area contributed by atoms with E-state index in [0.29, 0.717) is 13.4 Å². The zero-order valence-corrected chi connectivity index (χ0v) is 30.2. The van der Waals surface area contributed by atoms with Crippen LogP contribution in [0.25, 0.3) is 75.8 Å². The lowest BCUT2D eigenvalue weighted by Gasteiger charge is -2.13. The van der Waals surface area contributed by atoms with Crippen LogP contribution in [0, 0.1) is 0 Å². The summed E-state index contributed by atoms with van der Waals surface area (Å²) in [5, 5.41) is 23.6. The second-order valence-electron chi connectivity index (χ2n) is 12.6. The van der Waals surface area contributed by atoms with Gasteiger partial charge in [0, 0.05) is 4.47 Å². The van der Waals surface area contributed by atoms with E-state index in [9.17, 15) is 0 Å². The van der Waals surface area contributed by atoms with Gasteiger partial charge in [-0.25, -0.2) is 0 Å². The highest BCUT2D eigenvalue weighted by molar-refractivity contribution is 9.10. The average Bonchev–Trinajstić information content (AvgIpc) is 3.20. The summed E-state index contributed by atoms with van der Waals surface area (Å²) in [5.74, 6) is 0.640. The Kier molecular flexibility index (Phi) is 10.8. The molecule has 0 unspecified atom stereocenters. The van der Waals surface area contributed by atoms with Crippen LogP contribution in [0.2, 0.25) is 0 Å². The summed E-state index contributed by atoms with van der Waals surface area (Å²) in [6, 6.07) is 67.7. The van der Waals surface area contributed by atoms with Crippen LogP contribution in [0.3, 0.4) is 0 Å². The van der Waals surface area contributed by atoms with Gasteiger partial charge < -0.3 is 14.4 Å². The van der Waals surface area contributed by atoms with Gasteiger partial charge in [-0.3, -0.25) is 0 Å². The molecule has 5 heteroatoms. The van der Waals surface area contributed by atoms with Crippen molar-refractivity contribution >= 4 is 88.2 Å². The molecule has 0 aliphatic heterocycles. The maximum atomic E-state index is 8.44. The maximum Gasteiger partial charge on any atom is 0.569 e. The largest absolute Gasteiger partial charge is 1.00 e. The summed E-state index contributed by atoms with van der Waals surface area (Å²) in [6.45, 7) is 0. The highest BCUT2D eigenvalue weighted by atomic mass is 79.9. The van der Waals surface area contributed by atoms with Crippen LogP contribution in [0.15, 0.2) is 199 Å². The third-order valence-electron chi connectivity index (χ3n) is 9.42. The number of hydrogen-bond acceptors (Lipinski definition) is 2. The summed E-state index contributed by atoms with van der Waals surface area (Å²) in [4.78, 5) is 0. The van der Waals surface area contributed by atoms with Crippen molar-refractivity contribution in [3.05, 3.63) is 199 Å². The van der Waals surface area contributed by atoms with Crippen molar-refractivity contribution in [1.29, 1.82) is 0 Å². The van der Waals surface area contributed by atoms with Gasteiger partial charge in [0.05, 0.1) is 0 Å². The Morgan fingerprint density at radius 2 is 0.755 bits per heavy atom. The number of fused-ring (bicyclic) bond motifs is 6. The van der Waals surface area contributed by atoms with Gasteiger partial charge in [-0.2, -0.15) is 0 Å². The van der Waals surface area contributed by atoms with Gasteiger partial charge in [0.15, 0.2) is 0 Å². The fourth-order valence-corrected chi connectivity index (χ4v) is 7.65. The van der Waals surface area contributed by atoms with E-state index in [1.54, 1.807) is 0 Å². The predicted molar refractivity (Wildman–Crippen MR) is 226 cm³/mol. The SMILES string of the molecule is Brc1c2ccccc2cc2ccccc12.O[B]Oc1ccc2ccccc2c1.[F-].c1ccc2cc(-c3c4ccccc4cc4ccccc34)ccc2c1. The molecule has 2 nitrogen and oxygen atoms in total. The number of benzene rings is 10. The van der Waals surface area contributed by atoms with Crippen LogP contribution in [0.1, 0.15) is 0 Å². The smallest absolute Gasteiger partial charge is 0.569 e. The van der Waals surface area contributed by atoms with Crippen LogP contribution in [-0.2, 0) is 0 Å². The first-order valence-corrected chi connectivity index (χ1v) is 18.0. The van der Waals surface area contributed by atoms with Crippen LogP contribution < -0.4 is 9.36 Å². The minimum absolute atomic E-state index is 0. The lowest BCUT2D eigenvalue weighted by molar-refractivity contribution is -0.0000113. The zero-order chi connectivity index (χ0) is 35.3. The molecule has 0 saturated heterocycles. The van der Waals surface area contributed by atoms with Crippen molar-refractivity contribution < 1.29 is 14.4 Å². The number of halogens is 2. The Morgan fingerprint density at radius 3 is 1.25 bits per heavy atom. The maximum absolute atomic E-state index is 8.44. The van der Waals surface area contributed by atoms with Crippen molar-refractivity contribution in [3.63, 3.8) is 0 Å². The fraction of sp³-hybridized carbons (Fsp3) is 0. The van der Waals surface area contributed by atoms with E-state index >= 15 is 0 Å². The average molecular weight is 752 g/mol. The fourth-order valence-electron chi connectivity index (χ4n) is 6.93. The molecule has 0 atom stereocenters. The van der Waals surface area contributed by atoms with Gasteiger partial charge in [-0.1, -0.05) is 164 Å². The van der Waals surface area contributed by atoms with Crippen molar-refractivity contribution in [2.75, 3.05) is 0 Å². The van der Waals surface area contributed by atoms with Crippen molar-refractivity contribution in [3.8, 4) is 16.9 Å². The van der Waals surface area contributed by atoms with Crippen molar-refractivity contribution in [2.45, 2.75) is 0 Å². The molecule has 0 saturated carbocycles. The Bertz CT molecular complexity index is 2750. The molecular formula is C48H33BBrFO2-. The summed E-state index contributed by atoms with van der Waals surface area (Å²) in [5.41, 5.74) is 2.61. The summed E-state index contributed by atoms with van der Waals surface area (Å²) in [6.07, 6.45) is 0. The van der Waals surface area contributed by atoms with Crippen LogP contribution >= 0.6 is 15.9 Å². The zero-order valence-electron chi connectivity index (χ0n) is 28.7. The molecule has 0 aromatic heterocycles. The van der Waals surface area contributed by atoms with Crippen molar-refractivity contribution in [2.24, 2.45) is 0 Å². The van der Waals surface area contributed by atoms with Gasteiger partial charge in [0.2, 0.25) is 0 Å².